The number of likely N-dealkylation sites (tertiary alicyclic amines) is 1. The number of carboxylic acids is 1. The van der Waals surface area contributed by atoms with E-state index in [0.717, 1.165) is 6.42 Å². The molecule has 1 N–H and O–H groups in total. The van der Waals surface area contributed by atoms with Gasteiger partial charge in [0.15, 0.2) is 9.84 Å². The minimum absolute atomic E-state index is 0. The van der Waals surface area contributed by atoms with Crippen molar-refractivity contribution in [3.63, 3.8) is 0 Å². The predicted molar refractivity (Wildman–Crippen MR) is 84.5 cm³/mol. The molecule has 124 valence electrons. The standard InChI is InChI=1S/C14H19NO5S.ClH/c1-20-11-4-2-5-12(10-11)21(18,19)9-8-15-7-3-6-13(15)14(16)17;/h2,4-5,10,13H,3,6-9H2,1H3,(H,16,17);1H/t13-;/m0./s1. The fourth-order valence-electron chi connectivity index (χ4n) is 2.52. The van der Waals surface area contributed by atoms with Crippen molar-refractivity contribution in [2.75, 3.05) is 26.0 Å². The summed E-state index contributed by atoms with van der Waals surface area (Å²) in [5.74, 6) is -0.490. The maximum atomic E-state index is 12.3. The van der Waals surface area contributed by atoms with E-state index in [2.05, 4.69) is 0 Å². The molecule has 0 aromatic heterocycles. The fraction of sp³-hybridized carbons (Fsp3) is 0.500. The van der Waals surface area contributed by atoms with E-state index in [1.807, 2.05) is 0 Å². The minimum atomic E-state index is -3.44. The molecule has 1 aromatic carbocycles. The maximum absolute atomic E-state index is 12.3. The molecule has 0 unspecified atom stereocenters. The van der Waals surface area contributed by atoms with Crippen LogP contribution in [0.3, 0.4) is 0 Å². The first-order chi connectivity index (χ1) is 9.94. The lowest BCUT2D eigenvalue weighted by molar-refractivity contribution is -0.142. The van der Waals surface area contributed by atoms with Crippen LogP contribution in [0.4, 0.5) is 0 Å². The van der Waals surface area contributed by atoms with Gasteiger partial charge in [-0.3, -0.25) is 9.69 Å². The molecule has 22 heavy (non-hydrogen) atoms. The predicted octanol–water partition coefficient (Wildman–Crippen LogP) is 1.44. The number of hydrogen-bond donors (Lipinski definition) is 1. The quantitative estimate of drug-likeness (QED) is 0.836. The second-order valence-corrected chi connectivity index (χ2v) is 7.14. The monoisotopic (exact) mass is 349 g/mol. The first kappa shape index (κ1) is 18.7. The number of hydrogen-bond acceptors (Lipinski definition) is 5. The molecule has 0 saturated carbocycles. The Bertz CT molecular complexity index is 619. The van der Waals surface area contributed by atoms with Crippen LogP contribution >= 0.6 is 12.4 Å². The molecule has 1 heterocycles. The van der Waals surface area contributed by atoms with Crippen LogP contribution < -0.4 is 4.74 Å². The molecule has 8 heteroatoms. The molecular formula is C14H20ClNO5S. The van der Waals surface area contributed by atoms with Gasteiger partial charge in [-0.25, -0.2) is 8.42 Å². The summed E-state index contributed by atoms with van der Waals surface area (Å²) < 4.78 is 29.6. The summed E-state index contributed by atoms with van der Waals surface area (Å²) in [6.07, 6.45) is 1.37. The van der Waals surface area contributed by atoms with Gasteiger partial charge in [0.1, 0.15) is 11.8 Å². The molecule has 0 spiro atoms. The van der Waals surface area contributed by atoms with Crippen LogP contribution in [0.1, 0.15) is 12.8 Å². The zero-order valence-corrected chi connectivity index (χ0v) is 13.9. The summed E-state index contributed by atoms with van der Waals surface area (Å²) in [5.41, 5.74) is 0. The highest BCUT2D eigenvalue weighted by molar-refractivity contribution is 7.91. The summed E-state index contributed by atoms with van der Waals surface area (Å²) in [4.78, 5) is 13.0. The number of rotatable bonds is 6. The Kier molecular flexibility index (Phi) is 6.65. The third kappa shape index (κ3) is 4.34. The van der Waals surface area contributed by atoms with E-state index in [9.17, 15) is 13.2 Å². The van der Waals surface area contributed by atoms with E-state index in [1.165, 1.54) is 19.2 Å². The van der Waals surface area contributed by atoms with Crippen molar-refractivity contribution in [3.8, 4) is 5.75 Å². The number of halogens is 1. The molecular weight excluding hydrogens is 330 g/mol. The summed E-state index contributed by atoms with van der Waals surface area (Å²) in [5, 5.41) is 9.09. The lowest BCUT2D eigenvalue weighted by atomic mass is 10.2. The highest BCUT2D eigenvalue weighted by Crippen LogP contribution is 2.21. The summed E-state index contributed by atoms with van der Waals surface area (Å²) in [6.45, 7) is 0.862. The fourth-order valence-corrected chi connectivity index (χ4v) is 3.82. The number of benzene rings is 1. The largest absolute Gasteiger partial charge is 0.497 e. The van der Waals surface area contributed by atoms with Crippen LogP contribution in [0, 0.1) is 0 Å². The van der Waals surface area contributed by atoms with Crippen LogP contribution in [0.5, 0.6) is 5.75 Å². The van der Waals surface area contributed by atoms with Gasteiger partial charge in [0, 0.05) is 6.54 Å². The average Bonchev–Trinajstić information content (AvgIpc) is 2.94. The van der Waals surface area contributed by atoms with E-state index in [4.69, 9.17) is 9.84 Å². The van der Waals surface area contributed by atoms with Crippen molar-refractivity contribution in [3.05, 3.63) is 24.3 Å². The third-order valence-corrected chi connectivity index (χ3v) is 5.39. The van der Waals surface area contributed by atoms with Crippen molar-refractivity contribution in [1.29, 1.82) is 0 Å². The van der Waals surface area contributed by atoms with Crippen LogP contribution in [0.2, 0.25) is 0 Å². The van der Waals surface area contributed by atoms with Crippen LogP contribution in [0.15, 0.2) is 29.2 Å². The van der Waals surface area contributed by atoms with Crippen molar-refractivity contribution in [2.45, 2.75) is 23.8 Å². The molecule has 1 aliphatic rings. The molecule has 0 amide bonds. The Balaban J connectivity index is 0.00000242. The zero-order chi connectivity index (χ0) is 15.5. The molecule has 1 atom stereocenters. The van der Waals surface area contributed by atoms with E-state index in [1.54, 1.807) is 17.0 Å². The summed E-state index contributed by atoms with van der Waals surface area (Å²) in [7, 11) is -1.96. The van der Waals surface area contributed by atoms with E-state index < -0.39 is 21.8 Å². The average molecular weight is 350 g/mol. The number of methoxy groups -OCH3 is 1. The number of aliphatic carboxylic acids is 1. The second-order valence-electron chi connectivity index (χ2n) is 5.03. The molecule has 1 fully saturated rings. The van der Waals surface area contributed by atoms with Gasteiger partial charge in [0.2, 0.25) is 0 Å². The highest BCUT2D eigenvalue weighted by atomic mass is 35.5. The van der Waals surface area contributed by atoms with Crippen LogP contribution in [0.25, 0.3) is 0 Å². The molecule has 6 nitrogen and oxygen atoms in total. The van der Waals surface area contributed by atoms with Crippen molar-refractivity contribution in [1.82, 2.24) is 4.90 Å². The van der Waals surface area contributed by atoms with Gasteiger partial charge in [0.05, 0.1) is 17.8 Å². The first-order valence-electron chi connectivity index (χ1n) is 6.78. The van der Waals surface area contributed by atoms with Crippen molar-refractivity contribution in [2.24, 2.45) is 0 Å². The van der Waals surface area contributed by atoms with Gasteiger partial charge in [-0.2, -0.15) is 0 Å². The van der Waals surface area contributed by atoms with Crippen molar-refractivity contribution >= 4 is 28.2 Å². The number of carbonyl (C=O) groups is 1. The normalized spacial score (nSPS) is 18.7. The lowest BCUT2D eigenvalue weighted by Gasteiger charge is -2.20. The van der Waals surface area contributed by atoms with E-state index in [-0.39, 0.29) is 29.6 Å². The molecule has 0 radical (unpaired) electrons. The Morgan fingerprint density at radius 2 is 2.18 bits per heavy atom. The van der Waals surface area contributed by atoms with Crippen LogP contribution in [-0.4, -0.2) is 56.4 Å². The van der Waals surface area contributed by atoms with Gasteiger partial charge in [-0.15, -0.1) is 12.4 Å². The molecule has 2 rings (SSSR count). The van der Waals surface area contributed by atoms with Gasteiger partial charge in [0.25, 0.3) is 0 Å². The lowest BCUT2D eigenvalue weighted by Crippen LogP contribution is -2.38. The molecule has 0 aliphatic carbocycles. The summed E-state index contributed by atoms with van der Waals surface area (Å²) in [6, 6.07) is 5.75. The number of carboxylic acid groups (broad SMARTS) is 1. The smallest absolute Gasteiger partial charge is 0.320 e. The van der Waals surface area contributed by atoms with Gasteiger partial charge < -0.3 is 9.84 Å². The summed E-state index contributed by atoms with van der Waals surface area (Å²) >= 11 is 0. The molecule has 1 aromatic rings. The van der Waals surface area contributed by atoms with Gasteiger partial charge >= 0.3 is 5.97 Å². The third-order valence-electron chi connectivity index (χ3n) is 3.70. The highest BCUT2D eigenvalue weighted by Gasteiger charge is 2.31. The molecule has 1 saturated heterocycles. The number of sulfone groups is 1. The molecule has 1 aliphatic heterocycles. The maximum Gasteiger partial charge on any atom is 0.320 e. The Hall–Kier alpha value is -1.31. The Labute approximate surface area is 136 Å². The van der Waals surface area contributed by atoms with E-state index in [0.29, 0.717) is 18.7 Å². The Morgan fingerprint density at radius 1 is 1.45 bits per heavy atom. The molecule has 0 bridgehead atoms. The first-order valence-corrected chi connectivity index (χ1v) is 8.43. The van der Waals surface area contributed by atoms with Gasteiger partial charge in [-0.1, -0.05) is 6.07 Å². The van der Waals surface area contributed by atoms with Gasteiger partial charge in [-0.05, 0) is 37.6 Å². The minimum Gasteiger partial charge on any atom is -0.497 e. The SMILES string of the molecule is COc1cccc(S(=O)(=O)CCN2CCC[C@H]2C(=O)O)c1.Cl. The number of ether oxygens (including phenoxy) is 1. The van der Waals surface area contributed by atoms with E-state index >= 15 is 0 Å². The topological polar surface area (TPSA) is 83.9 Å². The second kappa shape index (κ2) is 7.80. The van der Waals surface area contributed by atoms with Crippen molar-refractivity contribution < 1.29 is 23.1 Å². The van der Waals surface area contributed by atoms with Crippen LogP contribution in [-0.2, 0) is 14.6 Å². The number of nitrogens with zero attached hydrogens (tertiary/aromatic N) is 1. The zero-order valence-electron chi connectivity index (χ0n) is 12.3. The Morgan fingerprint density at radius 3 is 2.82 bits per heavy atom.